The summed E-state index contributed by atoms with van der Waals surface area (Å²) >= 11 is -2.71. The molecule has 0 heterocycles. The summed E-state index contributed by atoms with van der Waals surface area (Å²) in [6, 6.07) is 0. The fourth-order valence-electron chi connectivity index (χ4n) is 0.587. The minimum absolute atomic E-state index is 0.164. The van der Waals surface area contributed by atoms with Crippen LogP contribution in [0.2, 0.25) is 0 Å². The molecule has 2 atom stereocenters. The van der Waals surface area contributed by atoms with Crippen LogP contribution in [-0.2, 0) is 25.1 Å². The number of rotatable bonds is 5. The van der Waals surface area contributed by atoms with Crippen molar-refractivity contribution in [3.63, 3.8) is 0 Å². The minimum Gasteiger partial charge on any atom is -0.404 e. The Bertz CT molecular complexity index is 251. The molecule has 0 rings (SSSR count). The first-order valence-electron chi connectivity index (χ1n) is 3.82. The van der Waals surface area contributed by atoms with E-state index in [-0.39, 0.29) is 6.42 Å². The third kappa shape index (κ3) is 5.07. The Balaban J connectivity index is 4.38. The van der Waals surface area contributed by atoms with Gasteiger partial charge < -0.3 is 9.84 Å². The Kier molecular flexibility index (Phi) is 5.55. The second kappa shape index (κ2) is 5.86. The van der Waals surface area contributed by atoms with E-state index in [1.165, 1.54) is 13.0 Å². The predicted octanol–water partition coefficient (Wildman–Crippen LogP) is 0.315. The third-order valence-corrected chi connectivity index (χ3v) is 1.61. The zero-order valence-corrected chi connectivity index (χ0v) is 8.61. The van der Waals surface area contributed by atoms with E-state index < -0.39 is 23.3 Å². The summed E-state index contributed by atoms with van der Waals surface area (Å²) in [7, 11) is 0. The molecule has 0 fully saturated rings. The summed E-state index contributed by atoms with van der Waals surface area (Å²) in [6.45, 7) is 3.01. The smallest absolute Gasteiger partial charge is 0.341 e. The van der Waals surface area contributed by atoms with Crippen LogP contribution in [0.3, 0.4) is 0 Å². The minimum atomic E-state index is -2.71. The Morgan fingerprint density at radius 1 is 1.64 bits per heavy atom. The summed E-state index contributed by atoms with van der Waals surface area (Å²) in [5.74, 6) is -3.22. The van der Waals surface area contributed by atoms with Crippen molar-refractivity contribution in [2.75, 3.05) is 0 Å². The molecule has 0 aromatic heterocycles. The predicted molar refractivity (Wildman–Crippen MR) is 48.0 cm³/mol. The molecule has 2 unspecified atom stereocenters. The van der Waals surface area contributed by atoms with Crippen LogP contribution in [0, 0.1) is 0 Å². The zero-order chi connectivity index (χ0) is 11.2. The maximum absolute atomic E-state index is 10.9. The largest absolute Gasteiger partial charge is 0.404 e. The van der Waals surface area contributed by atoms with Crippen molar-refractivity contribution in [2.24, 2.45) is 0 Å². The average molecular weight is 224 g/mol. The van der Waals surface area contributed by atoms with Crippen molar-refractivity contribution >= 4 is 17.3 Å². The number of hydrogen-bond donors (Lipinski definition) is 2. The van der Waals surface area contributed by atoms with Gasteiger partial charge in [-0.05, 0) is 6.92 Å². The van der Waals surface area contributed by atoms with Crippen LogP contribution in [0.5, 0.6) is 0 Å². The van der Waals surface area contributed by atoms with Crippen molar-refractivity contribution < 1.29 is 27.6 Å². The number of aliphatic hydroxyl groups is 1. The molecule has 0 aromatic carbocycles. The Morgan fingerprint density at radius 3 is 2.57 bits per heavy atom. The highest BCUT2D eigenvalue weighted by atomic mass is 32.2. The van der Waals surface area contributed by atoms with Gasteiger partial charge in [0.25, 0.3) is 0 Å². The molecule has 0 radical (unpaired) electrons. The normalized spacial score (nSPS) is 17.7. The summed E-state index contributed by atoms with van der Waals surface area (Å²) in [6.07, 6.45) is 2.28. The summed E-state index contributed by atoms with van der Waals surface area (Å²) < 4.78 is 27.1. The van der Waals surface area contributed by atoms with E-state index in [1.54, 1.807) is 6.92 Å². The average Bonchev–Trinajstić information content (AvgIpc) is 2.02. The number of ether oxygens (including phenoxy) is 1. The topological polar surface area (TPSA) is 93.1 Å². The van der Waals surface area contributed by atoms with Crippen LogP contribution >= 0.6 is 0 Å². The quantitative estimate of drug-likeness (QED) is 0.302. The van der Waals surface area contributed by atoms with Crippen molar-refractivity contribution in [2.45, 2.75) is 26.2 Å². The lowest BCUT2D eigenvalue weighted by Gasteiger charge is -2.22. The SMILES string of the molecule is CC=CC(=O)OC(O)(CC)OS(=O)O. The number of allylic oxidation sites excluding steroid dienone is 1. The fourth-order valence-corrected chi connectivity index (χ4v) is 0.961. The van der Waals surface area contributed by atoms with Gasteiger partial charge in [0.05, 0.1) is 0 Å². The first-order chi connectivity index (χ1) is 6.43. The first kappa shape index (κ1) is 13.2. The molecule has 0 aliphatic heterocycles. The van der Waals surface area contributed by atoms with E-state index in [4.69, 9.17) is 4.55 Å². The lowest BCUT2D eigenvalue weighted by molar-refractivity contribution is -0.298. The molecular weight excluding hydrogens is 212 g/mol. The van der Waals surface area contributed by atoms with Crippen molar-refractivity contribution in [1.82, 2.24) is 0 Å². The number of esters is 1. The molecule has 82 valence electrons. The second-order valence-corrected chi connectivity index (χ2v) is 2.89. The van der Waals surface area contributed by atoms with Crippen molar-refractivity contribution in [3.8, 4) is 0 Å². The van der Waals surface area contributed by atoms with Crippen molar-refractivity contribution in [1.29, 1.82) is 0 Å². The van der Waals surface area contributed by atoms with Gasteiger partial charge in [-0.15, -0.1) is 0 Å². The molecule has 0 saturated carbocycles. The van der Waals surface area contributed by atoms with Gasteiger partial charge >= 0.3 is 23.3 Å². The molecule has 0 aromatic rings. The Morgan fingerprint density at radius 2 is 2.21 bits per heavy atom. The lowest BCUT2D eigenvalue weighted by Crippen LogP contribution is -2.37. The molecule has 0 aliphatic rings. The second-order valence-electron chi connectivity index (χ2n) is 2.29. The first-order valence-corrected chi connectivity index (χ1v) is 4.85. The molecule has 0 aliphatic carbocycles. The van der Waals surface area contributed by atoms with Crippen LogP contribution in [0.25, 0.3) is 0 Å². The molecular formula is C7H12O6S. The molecule has 0 spiro atoms. The molecule has 6 nitrogen and oxygen atoms in total. The van der Waals surface area contributed by atoms with Gasteiger partial charge in [0.15, 0.2) is 0 Å². The van der Waals surface area contributed by atoms with Crippen LogP contribution in [0.15, 0.2) is 12.2 Å². The molecule has 14 heavy (non-hydrogen) atoms. The van der Waals surface area contributed by atoms with E-state index in [1.807, 2.05) is 0 Å². The monoisotopic (exact) mass is 224 g/mol. The van der Waals surface area contributed by atoms with Gasteiger partial charge in [0.1, 0.15) is 0 Å². The van der Waals surface area contributed by atoms with Crippen LogP contribution in [0.1, 0.15) is 20.3 Å². The number of carbonyl (C=O) groups is 1. The van der Waals surface area contributed by atoms with E-state index in [0.29, 0.717) is 0 Å². The zero-order valence-electron chi connectivity index (χ0n) is 7.80. The van der Waals surface area contributed by atoms with E-state index >= 15 is 0 Å². The standard InChI is InChI=1S/C7H12O6S/c1-3-5-6(8)12-7(9,4-2)13-14(10)11/h3,5,9H,4H2,1-2H3,(H,10,11). The summed E-state index contributed by atoms with van der Waals surface area (Å²) in [5, 5.41) is 9.34. The van der Waals surface area contributed by atoms with Gasteiger partial charge in [-0.1, -0.05) is 13.0 Å². The van der Waals surface area contributed by atoms with Gasteiger partial charge in [0.2, 0.25) is 0 Å². The third-order valence-electron chi connectivity index (χ3n) is 1.21. The van der Waals surface area contributed by atoms with Crippen LogP contribution < -0.4 is 0 Å². The number of carbonyl (C=O) groups excluding carboxylic acids is 1. The fraction of sp³-hybridized carbons (Fsp3) is 0.571. The van der Waals surface area contributed by atoms with Gasteiger partial charge in [0, 0.05) is 12.5 Å². The highest BCUT2D eigenvalue weighted by molar-refractivity contribution is 7.74. The van der Waals surface area contributed by atoms with Crippen molar-refractivity contribution in [3.05, 3.63) is 12.2 Å². The molecule has 7 heteroatoms. The van der Waals surface area contributed by atoms with Gasteiger partial charge in [-0.3, -0.25) is 4.55 Å². The highest BCUT2D eigenvalue weighted by Crippen LogP contribution is 2.15. The molecule has 0 bridgehead atoms. The molecule has 2 N–H and O–H groups in total. The number of hydrogen-bond acceptors (Lipinski definition) is 5. The molecule has 0 saturated heterocycles. The summed E-state index contributed by atoms with van der Waals surface area (Å²) in [5.41, 5.74) is 0. The van der Waals surface area contributed by atoms with E-state index in [0.717, 1.165) is 6.08 Å². The van der Waals surface area contributed by atoms with Gasteiger partial charge in [-0.2, -0.15) is 8.39 Å². The maximum Gasteiger partial charge on any atom is 0.341 e. The van der Waals surface area contributed by atoms with Gasteiger partial charge in [-0.25, -0.2) is 4.79 Å². The van der Waals surface area contributed by atoms with E-state index in [2.05, 4.69) is 8.92 Å². The molecule has 0 amide bonds. The Labute approximate surface area is 84.0 Å². The lowest BCUT2D eigenvalue weighted by atomic mass is 10.4. The van der Waals surface area contributed by atoms with Crippen LogP contribution in [-0.4, -0.2) is 25.8 Å². The highest BCUT2D eigenvalue weighted by Gasteiger charge is 2.32. The summed E-state index contributed by atoms with van der Waals surface area (Å²) in [4.78, 5) is 10.9. The Hall–Kier alpha value is -0.760. The van der Waals surface area contributed by atoms with Crippen LogP contribution in [0.4, 0.5) is 0 Å². The maximum atomic E-state index is 10.9. The van der Waals surface area contributed by atoms with E-state index in [9.17, 15) is 14.1 Å².